The molecule has 0 aliphatic carbocycles. The minimum Gasteiger partial charge on any atom is -0.478 e. The third-order valence-electron chi connectivity index (χ3n) is 3.14. The summed E-state index contributed by atoms with van der Waals surface area (Å²) in [4.78, 5) is 22.6. The second-order valence-corrected chi connectivity index (χ2v) is 5.30. The highest BCUT2D eigenvalue weighted by Crippen LogP contribution is 2.13. The van der Waals surface area contributed by atoms with Gasteiger partial charge in [0.2, 0.25) is 0 Å². The van der Waals surface area contributed by atoms with Gasteiger partial charge in [-0.2, -0.15) is 0 Å². The highest BCUT2D eigenvalue weighted by atomic mass is 16.4. The summed E-state index contributed by atoms with van der Waals surface area (Å²) in [6.45, 7) is 4.41. The van der Waals surface area contributed by atoms with Crippen LogP contribution in [0.25, 0.3) is 0 Å². The Labute approximate surface area is 114 Å². The van der Waals surface area contributed by atoms with Crippen LogP contribution in [0.2, 0.25) is 0 Å². The summed E-state index contributed by atoms with van der Waals surface area (Å²) in [6.07, 6.45) is 4.91. The molecule has 0 amide bonds. The number of benzene rings is 1. The van der Waals surface area contributed by atoms with Crippen molar-refractivity contribution in [2.75, 3.05) is 0 Å². The Kier molecular flexibility index (Phi) is 6.26. The molecule has 0 aliphatic heterocycles. The maximum absolute atomic E-state index is 11.9. The lowest BCUT2D eigenvalue weighted by molar-refractivity contribution is 0.0696. The summed E-state index contributed by atoms with van der Waals surface area (Å²) in [5, 5.41) is 8.77. The Balaban J connectivity index is 2.35. The summed E-state index contributed by atoms with van der Waals surface area (Å²) in [5.74, 6) is -0.145. The van der Waals surface area contributed by atoms with E-state index in [1.807, 2.05) is 0 Å². The monoisotopic (exact) mass is 262 g/mol. The van der Waals surface area contributed by atoms with E-state index < -0.39 is 5.97 Å². The molecule has 1 aromatic rings. The highest BCUT2D eigenvalue weighted by molar-refractivity contribution is 5.97. The first-order valence-corrected chi connectivity index (χ1v) is 6.87. The van der Waals surface area contributed by atoms with Gasteiger partial charge in [-0.1, -0.05) is 45.2 Å². The fourth-order valence-corrected chi connectivity index (χ4v) is 1.96. The third kappa shape index (κ3) is 5.69. The van der Waals surface area contributed by atoms with Crippen LogP contribution in [0.1, 0.15) is 66.7 Å². The van der Waals surface area contributed by atoms with Crippen LogP contribution in [-0.2, 0) is 0 Å². The zero-order valence-corrected chi connectivity index (χ0v) is 11.7. The van der Waals surface area contributed by atoms with E-state index in [1.54, 1.807) is 12.1 Å². The van der Waals surface area contributed by atoms with Gasteiger partial charge in [-0.3, -0.25) is 4.79 Å². The molecule has 0 aromatic heterocycles. The van der Waals surface area contributed by atoms with Crippen LogP contribution in [-0.4, -0.2) is 16.9 Å². The second-order valence-electron chi connectivity index (χ2n) is 5.30. The summed E-state index contributed by atoms with van der Waals surface area (Å²) in [6, 6.07) is 6.16. The molecule has 0 saturated carbocycles. The Morgan fingerprint density at radius 1 is 1.00 bits per heavy atom. The number of rotatable bonds is 8. The van der Waals surface area contributed by atoms with Gasteiger partial charge in [0.1, 0.15) is 0 Å². The number of unbranched alkanes of at least 4 members (excludes halogenated alkanes) is 2. The molecule has 0 heterocycles. The van der Waals surface area contributed by atoms with Gasteiger partial charge >= 0.3 is 5.97 Å². The predicted molar refractivity (Wildman–Crippen MR) is 75.7 cm³/mol. The number of carboxylic acid groups (broad SMARTS) is 1. The van der Waals surface area contributed by atoms with Gasteiger partial charge in [0.15, 0.2) is 5.78 Å². The number of Topliss-reactive ketones (excluding diaryl/α,β-unsaturated/α-hetero) is 1. The lowest BCUT2D eigenvalue weighted by Gasteiger charge is -2.04. The van der Waals surface area contributed by atoms with Crippen LogP contribution in [0.15, 0.2) is 24.3 Å². The van der Waals surface area contributed by atoms with Crippen molar-refractivity contribution in [2.45, 2.75) is 46.0 Å². The van der Waals surface area contributed by atoms with Gasteiger partial charge in [0, 0.05) is 12.0 Å². The molecule has 0 fully saturated rings. The second kappa shape index (κ2) is 7.72. The molecule has 0 aliphatic rings. The Morgan fingerprint density at radius 2 is 1.58 bits per heavy atom. The molecule has 19 heavy (non-hydrogen) atoms. The van der Waals surface area contributed by atoms with Gasteiger partial charge in [0.25, 0.3) is 0 Å². The number of carbonyl (C=O) groups is 2. The van der Waals surface area contributed by atoms with Crippen LogP contribution < -0.4 is 0 Å². The first kappa shape index (κ1) is 15.4. The molecule has 104 valence electrons. The van der Waals surface area contributed by atoms with Crippen LogP contribution >= 0.6 is 0 Å². The predicted octanol–water partition coefficient (Wildman–Crippen LogP) is 4.17. The fraction of sp³-hybridized carbons (Fsp3) is 0.500. The van der Waals surface area contributed by atoms with E-state index in [0.717, 1.165) is 18.8 Å². The van der Waals surface area contributed by atoms with E-state index in [-0.39, 0.29) is 11.3 Å². The summed E-state index contributed by atoms with van der Waals surface area (Å²) in [7, 11) is 0. The lowest BCUT2D eigenvalue weighted by atomic mass is 10.0. The van der Waals surface area contributed by atoms with Gasteiger partial charge in [-0.15, -0.1) is 0 Å². The normalized spacial score (nSPS) is 10.7. The summed E-state index contributed by atoms with van der Waals surface area (Å²) >= 11 is 0. The maximum Gasteiger partial charge on any atom is 0.335 e. The molecule has 0 saturated heterocycles. The van der Waals surface area contributed by atoms with Crippen LogP contribution in [0.4, 0.5) is 0 Å². The number of ketones is 1. The van der Waals surface area contributed by atoms with Crippen LogP contribution in [0.5, 0.6) is 0 Å². The molecular weight excluding hydrogens is 240 g/mol. The average molecular weight is 262 g/mol. The first-order valence-electron chi connectivity index (χ1n) is 6.87. The summed E-state index contributed by atoms with van der Waals surface area (Å²) < 4.78 is 0. The molecule has 1 aromatic carbocycles. The minimum absolute atomic E-state index is 0.0986. The van der Waals surface area contributed by atoms with Gasteiger partial charge < -0.3 is 5.11 Å². The Hall–Kier alpha value is -1.64. The molecule has 0 atom stereocenters. The van der Waals surface area contributed by atoms with Gasteiger partial charge in [0.05, 0.1) is 5.56 Å². The maximum atomic E-state index is 11.9. The third-order valence-corrected chi connectivity index (χ3v) is 3.14. The molecule has 0 radical (unpaired) electrons. The number of hydrogen-bond acceptors (Lipinski definition) is 2. The standard InChI is InChI=1S/C16H22O3/c1-12(2)6-4-3-5-7-15(17)13-8-10-14(11-9-13)16(18)19/h8-12H,3-7H2,1-2H3,(H,18,19). The molecule has 3 nitrogen and oxygen atoms in total. The molecule has 0 spiro atoms. The van der Waals surface area contributed by atoms with Gasteiger partial charge in [-0.25, -0.2) is 4.79 Å². The van der Waals surface area contributed by atoms with Crippen molar-refractivity contribution in [3.8, 4) is 0 Å². The number of hydrogen-bond donors (Lipinski definition) is 1. The Morgan fingerprint density at radius 3 is 2.11 bits per heavy atom. The van der Waals surface area contributed by atoms with E-state index in [1.165, 1.54) is 25.0 Å². The topological polar surface area (TPSA) is 54.4 Å². The van der Waals surface area contributed by atoms with Crippen molar-refractivity contribution in [2.24, 2.45) is 5.92 Å². The van der Waals surface area contributed by atoms with E-state index in [0.29, 0.717) is 12.0 Å². The van der Waals surface area contributed by atoms with E-state index >= 15 is 0 Å². The van der Waals surface area contributed by atoms with Crippen molar-refractivity contribution in [3.05, 3.63) is 35.4 Å². The highest BCUT2D eigenvalue weighted by Gasteiger charge is 2.07. The molecule has 0 unspecified atom stereocenters. The molecule has 0 bridgehead atoms. The largest absolute Gasteiger partial charge is 0.478 e. The van der Waals surface area contributed by atoms with Crippen LogP contribution in [0.3, 0.4) is 0 Å². The van der Waals surface area contributed by atoms with Crippen molar-refractivity contribution >= 4 is 11.8 Å². The first-order chi connectivity index (χ1) is 9.00. The van der Waals surface area contributed by atoms with Crippen molar-refractivity contribution < 1.29 is 14.7 Å². The zero-order chi connectivity index (χ0) is 14.3. The Bertz CT molecular complexity index is 418. The smallest absolute Gasteiger partial charge is 0.335 e. The number of carboxylic acids is 1. The van der Waals surface area contributed by atoms with E-state index in [4.69, 9.17) is 5.11 Å². The van der Waals surface area contributed by atoms with Crippen molar-refractivity contribution in [1.82, 2.24) is 0 Å². The molecule has 1 rings (SSSR count). The van der Waals surface area contributed by atoms with Crippen LogP contribution in [0, 0.1) is 5.92 Å². The van der Waals surface area contributed by atoms with E-state index in [9.17, 15) is 9.59 Å². The molecule has 3 heteroatoms. The van der Waals surface area contributed by atoms with Gasteiger partial charge in [-0.05, 0) is 24.5 Å². The SMILES string of the molecule is CC(C)CCCCCC(=O)c1ccc(C(=O)O)cc1. The quantitative estimate of drug-likeness (QED) is 0.565. The zero-order valence-electron chi connectivity index (χ0n) is 11.7. The summed E-state index contributed by atoms with van der Waals surface area (Å²) in [5.41, 5.74) is 0.822. The van der Waals surface area contributed by atoms with E-state index in [2.05, 4.69) is 13.8 Å². The molecular formula is C16H22O3. The number of carbonyl (C=O) groups excluding carboxylic acids is 1. The van der Waals surface area contributed by atoms with Crippen molar-refractivity contribution in [3.63, 3.8) is 0 Å². The van der Waals surface area contributed by atoms with Crippen molar-refractivity contribution in [1.29, 1.82) is 0 Å². The minimum atomic E-state index is -0.965. The lowest BCUT2D eigenvalue weighted by Crippen LogP contribution is -2.01. The number of aromatic carboxylic acids is 1. The molecule has 1 N–H and O–H groups in total. The average Bonchev–Trinajstić information content (AvgIpc) is 2.37. The fourth-order valence-electron chi connectivity index (χ4n) is 1.96.